The highest BCUT2D eigenvalue weighted by Crippen LogP contribution is 2.25. The predicted molar refractivity (Wildman–Crippen MR) is 73.2 cm³/mol. The van der Waals surface area contributed by atoms with Gasteiger partial charge >= 0.3 is 0 Å². The van der Waals surface area contributed by atoms with E-state index < -0.39 is 0 Å². The summed E-state index contributed by atoms with van der Waals surface area (Å²) in [5, 5.41) is 4.02. The van der Waals surface area contributed by atoms with Gasteiger partial charge in [-0.2, -0.15) is 4.98 Å². The van der Waals surface area contributed by atoms with E-state index in [0.717, 1.165) is 50.4 Å². The molecule has 18 heavy (non-hydrogen) atoms. The minimum atomic E-state index is 0.251. The fourth-order valence-electron chi connectivity index (χ4n) is 1.87. The van der Waals surface area contributed by atoms with Gasteiger partial charge in [-0.1, -0.05) is 32.9 Å². The van der Waals surface area contributed by atoms with Crippen molar-refractivity contribution in [1.82, 2.24) is 10.1 Å². The van der Waals surface area contributed by atoms with Gasteiger partial charge in [0.2, 0.25) is 5.89 Å². The minimum Gasteiger partial charge on any atom is -0.339 e. The highest BCUT2D eigenvalue weighted by Gasteiger charge is 2.18. The fourth-order valence-corrected chi connectivity index (χ4v) is 1.87. The van der Waals surface area contributed by atoms with Gasteiger partial charge < -0.3 is 10.3 Å². The Labute approximate surface area is 110 Å². The van der Waals surface area contributed by atoms with Gasteiger partial charge in [-0.25, -0.2) is 0 Å². The zero-order chi connectivity index (χ0) is 13.6. The Morgan fingerprint density at radius 3 is 2.56 bits per heavy atom. The van der Waals surface area contributed by atoms with Crippen molar-refractivity contribution in [2.45, 2.75) is 59.8 Å². The number of nitrogens with zero attached hydrogens (tertiary/aromatic N) is 2. The molecule has 0 aromatic carbocycles. The molecule has 0 saturated carbocycles. The fraction of sp³-hybridized carbons (Fsp3) is 0.857. The monoisotopic (exact) mass is 253 g/mol. The average molecular weight is 253 g/mol. The average Bonchev–Trinajstić information content (AvgIpc) is 2.72. The van der Waals surface area contributed by atoms with Crippen molar-refractivity contribution < 1.29 is 4.52 Å². The number of hydrogen-bond acceptors (Lipinski definition) is 4. The molecular formula is C14H27N3O. The molecule has 4 nitrogen and oxygen atoms in total. The van der Waals surface area contributed by atoms with Gasteiger partial charge in [0.1, 0.15) is 0 Å². The lowest BCUT2D eigenvalue weighted by atomic mass is 9.84. The molecule has 0 bridgehead atoms. The lowest BCUT2D eigenvalue weighted by Gasteiger charge is -2.22. The summed E-state index contributed by atoms with van der Waals surface area (Å²) in [6.07, 6.45) is 4.93. The van der Waals surface area contributed by atoms with Crippen LogP contribution in [0.2, 0.25) is 0 Å². The van der Waals surface area contributed by atoms with Crippen LogP contribution in [0.5, 0.6) is 0 Å². The largest absolute Gasteiger partial charge is 0.339 e. The SMILES string of the molecule is CC(C)CCc1noc(CCC(C)(C)CCN)n1. The van der Waals surface area contributed by atoms with Gasteiger partial charge in [0.15, 0.2) is 5.82 Å². The number of aryl methyl sites for hydroxylation is 2. The van der Waals surface area contributed by atoms with E-state index in [0.29, 0.717) is 5.92 Å². The Morgan fingerprint density at radius 1 is 1.22 bits per heavy atom. The maximum atomic E-state index is 5.60. The molecule has 0 atom stereocenters. The molecule has 2 N–H and O–H groups in total. The highest BCUT2D eigenvalue weighted by atomic mass is 16.5. The third kappa shape index (κ3) is 5.63. The van der Waals surface area contributed by atoms with Crippen molar-refractivity contribution in [2.24, 2.45) is 17.1 Å². The van der Waals surface area contributed by atoms with Gasteiger partial charge in [-0.05, 0) is 37.1 Å². The third-order valence-electron chi connectivity index (χ3n) is 3.29. The summed E-state index contributed by atoms with van der Waals surface area (Å²) >= 11 is 0. The molecule has 1 aromatic heterocycles. The molecule has 1 rings (SSSR count). The summed E-state index contributed by atoms with van der Waals surface area (Å²) in [7, 11) is 0. The van der Waals surface area contributed by atoms with Crippen LogP contribution in [0.4, 0.5) is 0 Å². The van der Waals surface area contributed by atoms with Crippen LogP contribution in [0.15, 0.2) is 4.52 Å². The maximum absolute atomic E-state index is 5.60. The summed E-state index contributed by atoms with van der Waals surface area (Å²) in [6.45, 7) is 9.61. The van der Waals surface area contributed by atoms with Crippen molar-refractivity contribution in [2.75, 3.05) is 6.54 Å². The van der Waals surface area contributed by atoms with Gasteiger partial charge in [0.05, 0.1) is 0 Å². The first-order chi connectivity index (χ1) is 8.43. The number of aromatic nitrogens is 2. The summed E-state index contributed by atoms with van der Waals surface area (Å²) in [4.78, 5) is 4.44. The maximum Gasteiger partial charge on any atom is 0.226 e. The lowest BCUT2D eigenvalue weighted by Crippen LogP contribution is -2.17. The molecule has 1 aromatic rings. The Balaban J connectivity index is 2.39. The number of rotatable bonds is 8. The van der Waals surface area contributed by atoms with Crippen LogP contribution in [0, 0.1) is 11.3 Å². The Hall–Kier alpha value is -0.900. The minimum absolute atomic E-state index is 0.251. The van der Waals surface area contributed by atoms with E-state index in [1.807, 2.05) is 0 Å². The van der Waals surface area contributed by atoms with Crippen molar-refractivity contribution >= 4 is 0 Å². The van der Waals surface area contributed by atoms with E-state index in [9.17, 15) is 0 Å². The summed E-state index contributed by atoms with van der Waals surface area (Å²) in [5.74, 6) is 2.28. The van der Waals surface area contributed by atoms with Gasteiger partial charge in [0, 0.05) is 12.8 Å². The first-order valence-electron chi connectivity index (χ1n) is 6.94. The lowest BCUT2D eigenvalue weighted by molar-refractivity contribution is 0.288. The molecule has 0 unspecified atom stereocenters. The Morgan fingerprint density at radius 2 is 1.94 bits per heavy atom. The molecule has 0 fully saturated rings. The van der Waals surface area contributed by atoms with Crippen LogP contribution in [0.1, 0.15) is 58.7 Å². The first kappa shape index (κ1) is 15.2. The van der Waals surface area contributed by atoms with E-state index in [4.69, 9.17) is 10.3 Å². The van der Waals surface area contributed by atoms with Crippen molar-refractivity contribution in [1.29, 1.82) is 0 Å². The molecule has 1 heterocycles. The van der Waals surface area contributed by atoms with Crippen LogP contribution in [-0.2, 0) is 12.8 Å². The van der Waals surface area contributed by atoms with E-state index in [1.54, 1.807) is 0 Å². The molecule has 104 valence electrons. The molecule has 4 heteroatoms. The number of hydrogen-bond donors (Lipinski definition) is 1. The van der Waals surface area contributed by atoms with E-state index in [1.165, 1.54) is 0 Å². The zero-order valence-electron chi connectivity index (χ0n) is 12.2. The quantitative estimate of drug-likeness (QED) is 0.773. The van der Waals surface area contributed by atoms with Gasteiger partial charge in [0.25, 0.3) is 0 Å². The van der Waals surface area contributed by atoms with Crippen molar-refractivity contribution in [3.05, 3.63) is 11.7 Å². The standard InChI is InChI=1S/C14H27N3O/c1-11(2)5-6-12-16-13(18-17-12)7-8-14(3,4)9-10-15/h11H,5-10,15H2,1-4H3. The molecule has 0 amide bonds. The number of nitrogens with two attached hydrogens (primary N) is 1. The Bertz CT molecular complexity index is 345. The van der Waals surface area contributed by atoms with Crippen LogP contribution >= 0.6 is 0 Å². The highest BCUT2D eigenvalue weighted by molar-refractivity contribution is 4.88. The molecular weight excluding hydrogens is 226 g/mol. The smallest absolute Gasteiger partial charge is 0.226 e. The van der Waals surface area contributed by atoms with E-state index >= 15 is 0 Å². The van der Waals surface area contributed by atoms with Crippen molar-refractivity contribution in [3.63, 3.8) is 0 Å². The summed E-state index contributed by atoms with van der Waals surface area (Å²) < 4.78 is 5.28. The molecule has 0 radical (unpaired) electrons. The van der Waals surface area contributed by atoms with Gasteiger partial charge in [-0.3, -0.25) is 0 Å². The topological polar surface area (TPSA) is 64.9 Å². The van der Waals surface area contributed by atoms with Crippen molar-refractivity contribution in [3.8, 4) is 0 Å². The normalized spacial score (nSPS) is 12.3. The second-order valence-electron chi connectivity index (χ2n) is 6.24. The second-order valence-corrected chi connectivity index (χ2v) is 6.24. The zero-order valence-corrected chi connectivity index (χ0v) is 12.2. The summed E-state index contributed by atoms with van der Waals surface area (Å²) in [5.41, 5.74) is 5.86. The van der Waals surface area contributed by atoms with Crippen LogP contribution in [0.25, 0.3) is 0 Å². The first-order valence-corrected chi connectivity index (χ1v) is 6.94. The van der Waals surface area contributed by atoms with Crippen LogP contribution in [0.3, 0.4) is 0 Å². The van der Waals surface area contributed by atoms with E-state index in [-0.39, 0.29) is 5.41 Å². The third-order valence-corrected chi connectivity index (χ3v) is 3.29. The second kappa shape index (κ2) is 6.88. The molecule has 0 aliphatic heterocycles. The van der Waals surface area contributed by atoms with Crippen LogP contribution < -0.4 is 5.73 Å². The van der Waals surface area contributed by atoms with Gasteiger partial charge in [-0.15, -0.1) is 0 Å². The molecule has 0 aliphatic carbocycles. The Kier molecular flexibility index (Phi) is 5.79. The molecule has 0 saturated heterocycles. The van der Waals surface area contributed by atoms with E-state index in [2.05, 4.69) is 37.8 Å². The molecule has 0 aliphatic rings. The molecule has 0 spiro atoms. The van der Waals surface area contributed by atoms with Crippen LogP contribution in [-0.4, -0.2) is 16.7 Å². The predicted octanol–water partition coefficient (Wildman–Crippen LogP) is 2.97. The summed E-state index contributed by atoms with van der Waals surface area (Å²) in [6, 6.07) is 0.